The molecule has 0 aromatic rings. The number of aliphatic hydroxyl groups excluding tert-OH is 2. The number of amides is 3. The zero-order valence-corrected chi connectivity index (χ0v) is 46.4. The summed E-state index contributed by atoms with van der Waals surface area (Å²) in [5, 5.41) is 25.9. The quantitative estimate of drug-likeness (QED) is 0.0508. The van der Waals surface area contributed by atoms with Gasteiger partial charge in [0.25, 0.3) is 0 Å². The Kier molecular flexibility index (Phi) is 16.5. The van der Waals surface area contributed by atoms with Crippen LogP contribution in [0.2, 0.25) is 0 Å². The minimum absolute atomic E-state index is 0.00821. The normalized spacial score (nSPS) is 46.7. The lowest BCUT2D eigenvalue weighted by molar-refractivity contribution is -0.149. The predicted octanol–water partition coefficient (Wildman–Crippen LogP) is 5.78. The van der Waals surface area contributed by atoms with Crippen molar-refractivity contribution in [2.24, 2.45) is 160 Å². The second-order valence-corrected chi connectivity index (χ2v) is 26.7. The first kappa shape index (κ1) is 55.0. The number of fused-ring (bicyclic) bond motifs is 27. The third-order valence-corrected chi connectivity index (χ3v) is 24.5. The van der Waals surface area contributed by atoms with Crippen LogP contribution in [0.4, 0.5) is 0 Å². The summed E-state index contributed by atoms with van der Waals surface area (Å²) < 4.78 is 19.9. The van der Waals surface area contributed by atoms with E-state index >= 15 is 0 Å². The topological polar surface area (TPSA) is 216 Å². The van der Waals surface area contributed by atoms with Gasteiger partial charge < -0.3 is 45.1 Å². The fourth-order valence-electron chi connectivity index (χ4n) is 21.4. The van der Waals surface area contributed by atoms with Crippen LogP contribution < -0.4 is 16.0 Å². The number of aliphatic hydroxyl groups is 2. The van der Waals surface area contributed by atoms with Crippen LogP contribution in [0.1, 0.15) is 113 Å². The van der Waals surface area contributed by atoms with Crippen molar-refractivity contribution in [2.45, 2.75) is 119 Å². The fraction of sp³-hybridized carbons (Fsp3) is 0.900. The van der Waals surface area contributed by atoms with Crippen molar-refractivity contribution in [2.75, 3.05) is 59.3 Å². The van der Waals surface area contributed by atoms with Gasteiger partial charge in [-0.15, -0.1) is 0 Å². The summed E-state index contributed by atoms with van der Waals surface area (Å²) in [5.41, 5.74) is 0. The Morgan fingerprint density at radius 3 is 1.16 bits per heavy atom. The molecule has 12 aliphatic rings. The molecular weight excluding hydrogens is 955 g/mol. The highest BCUT2D eigenvalue weighted by Gasteiger charge is 2.69. The third-order valence-electron chi connectivity index (χ3n) is 24.5. The zero-order valence-electron chi connectivity index (χ0n) is 46.4. The maximum absolute atomic E-state index is 12.8. The molecule has 28 unspecified atom stereocenters. The summed E-state index contributed by atoms with van der Waals surface area (Å²) in [6.45, 7) is 18.9. The van der Waals surface area contributed by atoms with Crippen molar-refractivity contribution in [1.29, 1.82) is 0 Å². The average molecular weight is 1050 g/mol. The van der Waals surface area contributed by atoms with Crippen molar-refractivity contribution in [1.82, 2.24) is 16.0 Å². The largest absolute Gasteiger partial charge is 0.462 e. The predicted molar refractivity (Wildman–Crippen MR) is 277 cm³/mol. The van der Waals surface area contributed by atoms with Crippen LogP contribution in [0.3, 0.4) is 0 Å². The molecular formula is C60H93N3O12. The lowest BCUT2D eigenvalue weighted by Crippen LogP contribution is -2.47. The maximum atomic E-state index is 12.8. The summed E-state index contributed by atoms with van der Waals surface area (Å²) in [4.78, 5) is 73.2. The van der Waals surface area contributed by atoms with Gasteiger partial charge in [-0.2, -0.15) is 0 Å². The zero-order chi connectivity index (χ0) is 53.3. The molecule has 28 atom stereocenters. The monoisotopic (exact) mass is 1050 g/mol. The number of hydrogen-bond acceptors (Lipinski definition) is 12. The number of ether oxygens (including phenoxy) is 4. The Bertz CT molecular complexity index is 2120. The van der Waals surface area contributed by atoms with E-state index in [1.165, 1.54) is 38.5 Å². The van der Waals surface area contributed by atoms with Gasteiger partial charge in [0.05, 0.1) is 19.8 Å². The smallest absolute Gasteiger partial charge is 0.328 e. The van der Waals surface area contributed by atoms with E-state index in [4.69, 9.17) is 29.2 Å². The van der Waals surface area contributed by atoms with E-state index in [0.29, 0.717) is 36.9 Å². The first-order chi connectivity index (χ1) is 36.0. The van der Waals surface area contributed by atoms with Crippen LogP contribution in [-0.2, 0) is 47.7 Å². The first-order valence-corrected chi connectivity index (χ1v) is 30.1. The van der Waals surface area contributed by atoms with Crippen LogP contribution in [-0.4, -0.2) is 111 Å². The van der Waals surface area contributed by atoms with Crippen molar-refractivity contribution < 1.29 is 57.9 Å². The summed E-state index contributed by atoms with van der Waals surface area (Å²) >= 11 is 0. The van der Waals surface area contributed by atoms with Gasteiger partial charge in [-0.25, -0.2) is 4.79 Å². The SMILES string of the molecule is CC(NC(=O)C1CC2CC1C1C3CC(C(C)C3C)C21)C(=O)OCCO.CC1C(C)C2CC1C1C3CC(C(=O)NCC(=O)OCCO)C(C3)C21.CCOCCOC(=O)CNC(=O)C1CC2CC1C1C3CC(C(C)C3C)C21. The molecule has 0 heterocycles. The van der Waals surface area contributed by atoms with Crippen molar-refractivity contribution in [3.63, 3.8) is 0 Å². The molecule has 0 saturated heterocycles. The molecule has 5 N–H and O–H groups in total. The van der Waals surface area contributed by atoms with Gasteiger partial charge in [-0.1, -0.05) is 41.5 Å². The molecule has 420 valence electrons. The second kappa shape index (κ2) is 22.4. The lowest BCUT2D eigenvalue weighted by atomic mass is 9.62. The highest BCUT2D eigenvalue weighted by molar-refractivity contribution is 5.86. The van der Waals surface area contributed by atoms with Crippen LogP contribution in [0.5, 0.6) is 0 Å². The second-order valence-electron chi connectivity index (χ2n) is 26.7. The van der Waals surface area contributed by atoms with Crippen LogP contribution in [0, 0.1) is 160 Å². The number of rotatable bonds is 17. The van der Waals surface area contributed by atoms with Gasteiger partial charge in [0, 0.05) is 24.4 Å². The van der Waals surface area contributed by atoms with E-state index in [0.717, 1.165) is 138 Å². The number of carbonyl (C=O) groups excluding carboxylic acids is 6. The molecule has 0 spiro atoms. The van der Waals surface area contributed by atoms with E-state index < -0.39 is 18.0 Å². The van der Waals surface area contributed by atoms with Gasteiger partial charge in [0.15, 0.2) is 0 Å². The van der Waals surface area contributed by atoms with Crippen LogP contribution in [0.25, 0.3) is 0 Å². The van der Waals surface area contributed by atoms with Crippen LogP contribution in [0.15, 0.2) is 0 Å². The molecule has 0 aromatic heterocycles. The molecule has 75 heavy (non-hydrogen) atoms. The lowest BCUT2D eigenvalue weighted by Gasteiger charge is -2.43. The third kappa shape index (κ3) is 9.78. The molecule has 12 rings (SSSR count). The molecule has 12 saturated carbocycles. The summed E-state index contributed by atoms with van der Waals surface area (Å²) in [6, 6.07) is -0.645. The Labute approximate surface area is 446 Å². The molecule has 15 nitrogen and oxygen atoms in total. The molecule has 3 amide bonds. The standard InChI is InChI=1S/C21H33NO4.C20H31NO4.C19H29NO4/c1-4-25-5-6-26-18(23)10-22-21(24)17-8-13-7-16(17)20-15-9-14(19(13)20)11(2)12(15)3;1-9-10(2)14-8-13(9)17-12-6-15(18(14)17)16(7-12)19(23)21-11(3)20(24)25-5-4-22;1-9-10(2)13-7-12(9)17-11-5-14(18(13)17)15(6-11)19(23)20-8-16(22)24-4-3-21/h11-17,19-20H,4-10H2,1-3H3,(H,22,24);9-18,22H,4-8H2,1-3H3,(H,21,23);9-15,17-18,21H,3-8H2,1-2H3,(H,20,23). The summed E-state index contributed by atoms with van der Waals surface area (Å²) in [6.07, 6.45) is 10.9. The molecule has 15 heteroatoms. The van der Waals surface area contributed by atoms with Crippen molar-refractivity contribution in [3.8, 4) is 0 Å². The summed E-state index contributed by atoms with van der Waals surface area (Å²) in [5.74, 6) is 17.8. The number of carbonyl (C=O) groups is 6. The molecule has 12 fully saturated rings. The molecule has 0 radical (unpaired) electrons. The molecule has 0 aromatic carbocycles. The average Bonchev–Trinajstić information content (AvgIpc) is 4.32. The Balaban J connectivity index is 0.000000128. The molecule has 0 aliphatic heterocycles. The highest BCUT2D eigenvalue weighted by atomic mass is 16.6. The fourth-order valence-corrected chi connectivity index (χ4v) is 21.4. The van der Waals surface area contributed by atoms with E-state index in [-0.39, 0.29) is 87.6 Å². The number of esters is 3. The van der Waals surface area contributed by atoms with Gasteiger partial charge in [0.2, 0.25) is 17.7 Å². The van der Waals surface area contributed by atoms with Crippen LogP contribution >= 0.6 is 0 Å². The van der Waals surface area contributed by atoms with E-state index in [9.17, 15) is 28.8 Å². The van der Waals surface area contributed by atoms with E-state index in [1.807, 2.05) is 6.92 Å². The van der Waals surface area contributed by atoms with Gasteiger partial charge >= 0.3 is 17.9 Å². The van der Waals surface area contributed by atoms with Gasteiger partial charge in [-0.3, -0.25) is 24.0 Å². The van der Waals surface area contributed by atoms with Gasteiger partial charge in [0.1, 0.15) is 39.0 Å². The van der Waals surface area contributed by atoms with E-state index in [2.05, 4.69) is 57.5 Å². The Hall–Kier alpha value is -3.30. The van der Waals surface area contributed by atoms with Gasteiger partial charge in [-0.05, 0) is 214 Å². The molecule has 12 bridgehead atoms. The maximum Gasteiger partial charge on any atom is 0.328 e. The summed E-state index contributed by atoms with van der Waals surface area (Å²) in [7, 11) is 0. The highest BCUT2D eigenvalue weighted by Crippen LogP contribution is 2.74. The minimum atomic E-state index is -0.645. The van der Waals surface area contributed by atoms with Crippen molar-refractivity contribution >= 4 is 35.6 Å². The van der Waals surface area contributed by atoms with E-state index in [1.54, 1.807) is 6.92 Å². The Morgan fingerprint density at radius 1 is 0.440 bits per heavy atom. The Morgan fingerprint density at radius 2 is 0.787 bits per heavy atom. The minimum Gasteiger partial charge on any atom is -0.462 e. The number of hydrogen-bond donors (Lipinski definition) is 5. The van der Waals surface area contributed by atoms with Crippen molar-refractivity contribution in [3.05, 3.63) is 0 Å². The molecule has 12 aliphatic carbocycles. The number of nitrogens with one attached hydrogen (secondary N) is 3. The first-order valence-electron chi connectivity index (χ1n) is 30.1.